The first-order chi connectivity index (χ1) is 7.71. The average Bonchev–Trinajstić information content (AvgIpc) is 2.19. The Balaban J connectivity index is 2.89. The highest BCUT2D eigenvalue weighted by Gasteiger charge is 2.24. The molecule has 1 rings (SSSR count). The van der Waals surface area contributed by atoms with Gasteiger partial charge in [-0.3, -0.25) is 4.79 Å². The molecule has 1 atom stereocenters. The lowest BCUT2D eigenvalue weighted by Crippen LogP contribution is -2.32. The summed E-state index contributed by atoms with van der Waals surface area (Å²) in [5, 5.41) is 1.28. The fourth-order valence-electron chi connectivity index (χ4n) is 0.957. The van der Waals surface area contributed by atoms with Gasteiger partial charge in [0.15, 0.2) is 9.84 Å². The molecule has 17 heavy (non-hydrogen) atoms. The number of nitrogens with zero attached hydrogens (tertiary/aromatic N) is 1. The number of carbonyl (C=O) groups excluding carboxylic acids is 1. The number of halogens is 1. The van der Waals surface area contributed by atoms with Gasteiger partial charge in [0, 0.05) is 6.26 Å². The zero-order chi connectivity index (χ0) is 13.2. The van der Waals surface area contributed by atoms with Gasteiger partial charge in [0.25, 0.3) is 0 Å². The summed E-state index contributed by atoms with van der Waals surface area (Å²) >= 11 is 3.17. The summed E-state index contributed by atoms with van der Waals surface area (Å²) in [4.78, 5) is 15.5. The molecular formula is C9H12BrN3O3S. The van der Waals surface area contributed by atoms with Crippen LogP contribution in [-0.2, 0) is 14.6 Å². The van der Waals surface area contributed by atoms with Crippen LogP contribution in [0.1, 0.15) is 6.92 Å². The van der Waals surface area contributed by atoms with E-state index in [1.165, 1.54) is 13.1 Å². The van der Waals surface area contributed by atoms with Crippen molar-refractivity contribution < 1.29 is 13.2 Å². The summed E-state index contributed by atoms with van der Waals surface area (Å²) < 4.78 is 22.9. The summed E-state index contributed by atoms with van der Waals surface area (Å²) in [6.07, 6.45) is 2.37. The van der Waals surface area contributed by atoms with E-state index < -0.39 is 21.0 Å². The van der Waals surface area contributed by atoms with Gasteiger partial charge in [-0.25, -0.2) is 13.4 Å². The zero-order valence-electron chi connectivity index (χ0n) is 9.27. The highest BCUT2D eigenvalue weighted by Crippen LogP contribution is 2.22. The van der Waals surface area contributed by atoms with E-state index in [2.05, 4.69) is 26.2 Å². The highest BCUT2D eigenvalue weighted by molar-refractivity contribution is 9.10. The Morgan fingerprint density at radius 2 is 2.18 bits per heavy atom. The molecule has 3 N–H and O–H groups in total. The smallest absolute Gasteiger partial charge is 0.243 e. The van der Waals surface area contributed by atoms with Gasteiger partial charge in [0.1, 0.15) is 11.1 Å². The Morgan fingerprint density at radius 1 is 1.59 bits per heavy atom. The second-order valence-corrected chi connectivity index (χ2v) is 6.78. The molecule has 1 aromatic rings. The number of hydrogen-bond donors (Lipinski definition) is 2. The van der Waals surface area contributed by atoms with Crippen LogP contribution in [0.4, 0.5) is 11.5 Å². The van der Waals surface area contributed by atoms with E-state index in [9.17, 15) is 13.2 Å². The number of nitrogens with one attached hydrogen (secondary N) is 1. The summed E-state index contributed by atoms with van der Waals surface area (Å²) in [5.74, 6) is -0.398. The first-order valence-electron chi connectivity index (χ1n) is 4.62. The summed E-state index contributed by atoms with van der Waals surface area (Å²) in [7, 11) is -3.42. The third kappa shape index (κ3) is 3.67. The molecule has 0 fully saturated rings. The van der Waals surface area contributed by atoms with Crippen LogP contribution in [0.15, 0.2) is 16.7 Å². The molecule has 0 aliphatic heterocycles. The molecule has 6 nitrogen and oxygen atoms in total. The van der Waals surface area contributed by atoms with Gasteiger partial charge in [0.05, 0.1) is 16.4 Å². The number of nitrogen functional groups attached to an aromatic ring is 1. The van der Waals surface area contributed by atoms with E-state index in [0.717, 1.165) is 6.26 Å². The number of nitrogens with two attached hydrogens (primary N) is 1. The van der Waals surface area contributed by atoms with Crippen molar-refractivity contribution in [3.63, 3.8) is 0 Å². The van der Waals surface area contributed by atoms with E-state index in [-0.39, 0.29) is 5.82 Å². The molecule has 1 aromatic heterocycles. The molecule has 8 heteroatoms. The summed E-state index contributed by atoms with van der Waals surface area (Å²) in [6, 6.07) is 1.56. The third-order valence-corrected chi connectivity index (χ3v) is 4.22. The summed E-state index contributed by atoms with van der Waals surface area (Å²) in [6.45, 7) is 1.32. The lowest BCUT2D eigenvalue weighted by Gasteiger charge is -2.11. The maximum Gasteiger partial charge on any atom is 0.243 e. The number of amides is 1. The van der Waals surface area contributed by atoms with Gasteiger partial charge in [-0.15, -0.1) is 0 Å². The van der Waals surface area contributed by atoms with E-state index in [1.807, 2.05) is 0 Å². The quantitative estimate of drug-likeness (QED) is 0.857. The largest absolute Gasteiger partial charge is 0.397 e. The van der Waals surface area contributed by atoms with Gasteiger partial charge in [0.2, 0.25) is 5.91 Å². The number of rotatable bonds is 3. The van der Waals surface area contributed by atoms with Crippen LogP contribution in [0.5, 0.6) is 0 Å². The molecule has 0 aliphatic rings. The number of aromatic nitrogens is 1. The molecule has 1 amide bonds. The first kappa shape index (κ1) is 13.9. The molecule has 0 saturated carbocycles. The Hall–Kier alpha value is -1.15. The second-order valence-electron chi connectivity index (χ2n) is 3.56. The molecule has 0 aromatic carbocycles. The van der Waals surface area contributed by atoms with E-state index >= 15 is 0 Å². The van der Waals surface area contributed by atoms with Crippen molar-refractivity contribution in [2.24, 2.45) is 0 Å². The van der Waals surface area contributed by atoms with Crippen LogP contribution in [-0.4, -0.2) is 30.8 Å². The van der Waals surface area contributed by atoms with Crippen LogP contribution >= 0.6 is 15.9 Å². The molecule has 0 aliphatic carbocycles. The van der Waals surface area contributed by atoms with Crippen molar-refractivity contribution in [2.75, 3.05) is 17.3 Å². The topological polar surface area (TPSA) is 102 Å². The molecule has 1 unspecified atom stereocenters. The molecule has 0 bridgehead atoms. The standard InChI is InChI=1S/C9H12BrN3O3S/c1-5(17(2,15)16)9(14)13-8-7(10)3-6(11)4-12-8/h3-5H,11H2,1-2H3,(H,12,13,14). The van der Waals surface area contributed by atoms with Crippen LogP contribution in [0.25, 0.3) is 0 Å². The first-order valence-corrected chi connectivity index (χ1v) is 7.37. The molecule has 0 spiro atoms. The maximum atomic E-state index is 11.6. The van der Waals surface area contributed by atoms with Crippen molar-refractivity contribution in [1.82, 2.24) is 4.98 Å². The van der Waals surface area contributed by atoms with Crippen LogP contribution < -0.4 is 11.1 Å². The minimum atomic E-state index is -3.42. The molecule has 0 radical (unpaired) electrons. The van der Waals surface area contributed by atoms with Gasteiger partial charge < -0.3 is 11.1 Å². The van der Waals surface area contributed by atoms with E-state index in [4.69, 9.17) is 5.73 Å². The lowest BCUT2D eigenvalue weighted by molar-refractivity contribution is -0.115. The second kappa shape index (κ2) is 5.01. The fourth-order valence-corrected chi connectivity index (χ4v) is 1.87. The molecule has 94 valence electrons. The monoisotopic (exact) mass is 321 g/mol. The lowest BCUT2D eigenvalue weighted by atomic mass is 10.4. The van der Waals surface area contributed by atoms with Crippen molar-refractivity contribution in [2.45, 2.75) is 12.2 Å². The van der Waals surface area contributed by atoms with Crippen molar-refractivity contribution in [3.05, 3.63) is 16.7 Å². The molecule has 0 saturated heterocycles. The Morgan fingerprint density at radius 3 is 2.65 bits per heavy atom. The highest BCUT2D eigenvalue weighted by atomic mass is 79.9. The third-order valence-electron chi connectivity index (χ3n) is 2.12. The van der Waals surface area contributed by atoms with E-state index in [0.29, 0.717) is 10.2 Å². The number of hydrogen-bond acceptors (Lipinski definition) is 5. The van der Waals surface area contributed by atoms with Crippen LogP contribution in [0, 0.1) is 0 Å². The normalized spacial score (nSPS) is 13.1. The minimum absolute atomic E-state index is 0.236. The van der Waals surface area contributed by atoms with Gasteiger partial charge in [-0.05, 0) is 28.9 Å². The Bertz CT molecular complexity index is 544. The number of carbonyl (C=O) groups is 1. The van der Waals surface area contributed by atoms with Gasteiger partial charge in [-0.2, -0.15) is 0 Å². The Kier molecular flexibility index (Phi) is 4.10. The molecule has 1 heterocycles. The van der Waals surface area contributed by atoms with Crippen molar-refractivity contribution in [3.8, 4) is 0 Å². The van der Waals surface area contributed by atoms with E-state index in [1.54, 1.807) is 6.07 Å². The zero-order valence-corrected chi connectivity index (χ0v) is 11.7. The fraction of sp³-hybridized carbons (Fsp3) is 0.333. The number of sulfone groups is 1. The maximum absolute atomic E-state index is 11.6. The SMILES string of the molecule is CC(C(=O)Nc1ncc(N)cc1Br)S(C)(=O)=O. The summed E-state index contributed by atoms with van der Waals surface area (Å²) in [5.41, 5.74) is 5.92. The number of anilines is 2. The average molecular weight is 322 g/mol. The van der Waals surface area contributed by atoms with Crippen LogP contribution in [0.2, 0.25) is 0 Å². The van der Waals surface area contributed by atoms with Crippen molar-refractivity contribution in [1.29, 1.82) is 0 Å². The van der Waals surface area contributed by atoms with Crippen LogP contribution in [0.3, 0.4) is 0 Å². The molecular weight excluding hydrogens is 310 g/mol. The van der Waals surface area contributed by atoms with Gasteiger partial charge >= 0.3 is 0 Å². The van der Waals surface area contributed by atoms with Gasteiger partial charge in [-0.1, -0.05) is 0 Å². The minimum Gasteiger partial charge on any atom is -0.397 e. The van der Waals surface area contributed by atoms with Crippen molar-refractivity contribution >= 4 is 43.2 Å². The Labute approximate surface area is 108 Å². The number of pyridine rings is 1. The predicted octanol–water partition coefficient (Wildman–Crippen LogP) is 0.798. The predicted molar refractivity (Wildman–Crippen MR) is 69.3 cm³/mol.